The van der Waals surface area contributed by atoms with Crippen molar-refractivity contribution in [1.29, 1.82) is 0 Å². The maximum absolute atomic E-state index is 6.44. The van der Waals surface area contributed by atoms with Gasteiger partial charge in [0.1, 0.15) is 0 Å². The monoisotopic (exact) mass is 394 g/mol. The Hall–Kier alpha value is -1.69. The molecule has 0 N–H and O–H groups in total. The van der Waals surface area contributed by atoms with Crippen molar-refractivity contribution < 1.29 is 9.47 Å². The number of rotatable bonds is 6. The molecular weight excluding hydrogens is 379 g/mol. The molecule has 4 nitrogen and oxygen atoms in total. The number of methoxy groups -OCH3 is 2. The molecule has 1 heterocycles. The molecule has 0 radical (unpaired) electrons. The first-order valence-corrected chi connectivity index (χ1v) is 9.43. The molecule has 1 aromatic heterocycles. The lowest BCUT2D eigenvalue weighted by atomic mass is 10.2. The molecule has 0 aliphatic heterocycles. The number of halogens is 2. The topological polar surface area (TPSA) is 44.2 Å². The Morgan fingerprint density at radius 2 is 1.64 bits per heavy atom. The SMILES string of the molecule is COc1nc2cc(Cl)c(Cl)c(CSCc3ccccc3)c2nc1OC. The Bertz CT molecular complexity index is 891. The van der Waals surface area contributed by atoms with Crippen molar-refractivity contribution in [3.8, 4) is 11.8 Å². The lowest BCUT2D eigenvalue weighted by Gasteiger charge is -2.12. The van der Waals surface area contributed by atoms with E-state index in [4.69, 9.17) is 32.7 Å². The first-order valence-electron chi connectivity index (χ1n) is 7.52. The first-order chi connectivity index (χ1) is 12.1. The molecule has 25 heavy (non-hydrogen) atoms. The normalized spacial score (nSPS) is 10.9. The smallest absolute Gasteiger partial charge is 0.278 e. The van der Waals surface area contributed by atoms with Crippen LogP contribution in [0.1, 0.15) is 11.1 Å². The van der Waals surface area contributed by atoms with Crippen LogP contribution >= 0.6 is 35.0 Å². The molecule has 3 aromatic rings. The number of hydrogen-bond acceptors (Lipinski definition) is 5. The minimum atomic E-state index is 0.316. The zero-order valence-corrected chi connectivity index (χ0v) is 16.1. The van der Waals surface area contributed by atoms with Gasteiger partial charge >= 0.3 is 0 Å². The molecule has 0 fully saturated rings. The van der Waals surface area contributed by atoms with Gasteiger partial charge in [-0.05, 0) is 11.6 Å². The van der Waals surface area contributed by atoms with Crippen molar-refractivity contribution >= 4 is 46.0 Å². The van der Waals surface area contributed by atoms with Gasteiger partial charge < -0.3 is 9.47 Å². The summed E-state index contributed by atoms with van der Waals surface area (Å²) >= 11 is 14.5. The Morgan fingerprint density at radius 3 is 2.32 bits per heavy atom. The molecule has 0 aliphatic carbocycles. The third-order valence-corrected chi connectivity index (χ3v) is 5.49. The van der Waals surface area contributed by atoms with E-state index in [-0.39, 0.29) is 0 Å². The molecule has 2 aromatic carbocycles. The molecule has 0 saturated carbocycles. The number of hydrogen-bond donors (Lipinski definition) is 0. The van der Waals surface area contributed by atoms with Gasteiger partial charge in [-0.2, -0.15) is 11.8 Å². The highest BCUT2D eigenvalue weighted by Crippen LogP contribution is 2.37. The zero-order valence-electron chi connectivity index (χ0n) is 13.8. The number of benzene rings is 2. The van der Waals surface area contributed by atoms with Gasteiger partial charge in [-0.15, -0.1) is 0 Å². The molecule has 0 amide bonds. The highest BCUT2D eigenvalue weighted by atomic mass is 35.5. The van der Waals surface area contributed by atoms with Crippen molar-refractivity contribution in [3.05, 3.63) is 57.6 Å². The number of nitrogens with zero attached hydrogens (tertiary/aromatic N) is 2. The van der Waals surface area contributed by atoms with Gasteiger partial charge in [0.25, 0.3) is 11.8 Å². The van der Waals surface area contributed by atoms with Gasteiger partial charge in [-0.25, -0.2) is 9.97 Å². The summed E-state index contributed by atoms with van der Waals surface area (Å²) in [6.07, 6.45) is 0. The first kappa shape index (κ1) is 18.1. The molecule has 0 saturated heterocycles. The van der Waals surface area contributed by atoms with E-state index in [0.717, 1.165) is 11.3 Å². The Labute approximate surface area is 160 Å². The quantitative estimate of drug-likeness (QED) is 0.560. The summed E-state index contributed by atoms with van der Waals surface area (Å²) in [5.74, 6) is 2.17. The van der Waals surface area contributed by atoms with E-state index in [1.54, 1.807) is 17.8 Å². The van der Waals surface area contributed by atoms with Crippen LogP contribution in [0.15, 0.2) is 36.4 Å². The Balaban J connectivity index is 1.96. The second-order valence-corrected chi connectivity index (χ2v) is 7.01. The number of ether oxygens (including phenoxy) is 2. The molecule has 0 unspecified atom stereocenters. The average Bonchev–Trinajstić information content (AvgIpc) is 2.64. The van der Waals surface area contributed by atoms with E-state index in [1.807, 2.05) is 18.2 Å². The lowest BCUT2D eigenvalue weighted by Crippen LogP contribution is -2.00. The Kier molecular flexibility index (Phi) is 5.89. The molecule has 130 valence electrons. The maximum atomic E-state index is 6.44. The maximum Gasteiger partial charge on any atom is 0.278 e. The van der Waals surface area contributed by atoms with Crippen molar-refractivity contribution in [3.63, 3.8) is 0 Å². The van der Waals surface area contributed by atoms with Crippen LogP contribution < -0.4 is 9.47 Å². The number of aromatic nitrogens is 2. The van der Waals surface area contributed by atoms with E-state index in [1.165, 1.54) is 19.8 Å². The fraction of sp³-hybridized carbons (Fsp3) is 0.222. The van der Waals surface area contributed by atoms with Gasteiger partial charge in [0, 0.05) is 17.1 Å². The van der Waals surface area contributed by atoms with Gasteiger partial charge in [-0.1, -0.05) is 53.5 Å². The standard InChI is InChI=1S/C18H16Cl2N2O2S/c1-23-17-18(24-2)22-16-12(15(20)13(19)8-14(16)21-17)10-25-9-11-6-4-3-5-7-11/h3-8H,9-10H2,1-2H3. The number of thioether (sulfide) groups is 1. The fourth-order valence-electron chi connectivity index (χ4n) is 2.41. The summed E-state index contributed by atoms with van der Waals surface area (Å²) in [4.78, 5) is 8.96. The summed E-state index contributed by atoms with van der Waals surface area (Å²) in [6, 6.07) is 11.9. The average molecular weight is 395 g/mol. The van der Waals surface area contributed by atoms with E-state index >= 15 is 0 Å². The van der Waals surface area contributed by atoms with Crippen LogP contribution in [0.25, 0.3) is 11.0 Å². The second-order valence-electron chi connectivity index (χ2n) is 5.24. The van der Waals surface area contributed by atoms with Crippen molar-refractivity contribution in [2.75, 3.05) is 14.2 Å². The van der Waals surface area contributed by atoms with Gasteiger partial charge in [-0.3, -0.25) is 0 Å². The van der Waals surface area contributed by atoms with Crippen molar-refractivity contribution in [2.45, 2.75) is 11.5 Å². The van der Waals surface area contributed by atoms with E-state index in [0.29, 0.717) is 38.6 Å². The minimum Gasteiger partial charge on any atom is -0.477 e. The Morgan fingerprint density at radius 1 is 0.960 bits per heavy atom. The second kappa shape index (κ2) is 8.13. The van der Waals surface area contributed by atoms with Crippen molar-refractivity contribution in [2.24, 2.45) is 0 Å². The van der Waals surface area contributed by atoms with Gasteiger partial charge in [0.15, 0.2) is 0 Å². The third kappa shape index (κ3) is 3.94. The predicted molar refractivity (Wildman–Crippen MR) is 104 cm³/mol. The largest absolute Gasteiger partial charge is 0.477 e. The van der Waals surface area contributed by atoms with Crippen molar-refractivity contribution in [1.82, 2.24) is 9.97 Å². The van der Waals surface area contributed by atoms with Gasteiger partial charge in [0.05, 0.1) is 35.3 Å². The molecular formula is C18H16Cl2N2O2S. The lowest BCUT2D eigenvalue weighted by molar-refractivity contribution is 0.334. The fourth-order valence-corrected chi connectivity index (χ4v) is 3.94. The summed E-state index contributed by atoms with van der Waals surface area (Å²) in [6.45, 7) is 0. The minimum absolute atomic E-state index is 0.316. The molecule has 3 rings (SSSR count). The van der Waals surface area contributed by atoms with Crippen LogP contribution in [-0.4, -0.2) is 24.2 Å². The molecule has 0 aliphatic rings. The van der Waals surface area contributed by atoms with Gasteiger partial charge in [0.2, 0.25) is 0 Å². The van der Waals surface area contributed by atoms with Crippen LogP contribution in [0.3, 0.4) is 0 Å². The summed E-state index contributed by atoms with van der Waals surface area (Å²) in [5.41, 5.74) is 3.40. The van der Waals surface area contributed by atoms with Crippen LogP contribution in [0.4, 0.5) is 0 Å². The van der Waals surface area contributed by atoms with Crippen LogP contribution in [-0.2, 0) is 11.5 Å². The number of fused-ring (bicyclic) bond motifs is 1. The van der Waals surface area contributed by atoms with E-state index in [2.05, 4.69) is 22.1 Å². The highest BCUT2D eigenvalue weighted by Gasteiger charge is 2.17. The predicted octanol–water partition coefficient (Wildman–Crippen LogP) is 5.39. The summed E-state index contributed by atoms with van der Waals surface area (Å²) in [5, 5.41) is 0.947. The molecule has 0 spiro atoms. The zero-order chi connectivity index (χ0) is 17.8. The highest BCUT2D eigenvalue weighted by molar-refractivity contribution is 7.97. The van der Waals surface area contributed by atoms with Crippen LogP contribution in [0.2, 0.25) is 10.0 Å². The molecule has 0 bridgehead atoms. The third-order valence-electron chi connectivity index (χ3n) is 3.63. The van der Waals surface area contributed by atoms with Crippen LogP contribution in [0.5, 0.6) is 11.8 Å². The van der Waals surface area contributed by atoms with E-state index < -0.39 is 0 Å². The van der Waals surface area contributed by atoms with E-state index in [9.17, 15) is 0 Å². The molecule has 0 atom stereocenters. The summed E-state index contributed by atoms with van der Waals surface area (Å²) < 4.78 is 10.5. The summed E-state index contributed by atoms with van der Waals surface area (Å²) in [7, 11) is 3.05. The van der Waals surface area contributed by atoms with Crippen LogP contribution in [0, 0.1) is 0 Å². The molecule has 7 heteroatoms.